The molecule has 0 saturated heterocycles. The number of benzene rings is 1. The quantitative estimate of drug-likeness (QED) is 0.394. The Balaban J connectivity index is 2.18. The lowest BCUT2D eigenvalue weighted by atomic mass is 9.87. The molecule has 1 aromatic heterocycles. The molecule has 0 amide bonds. The van der Waals surface area contributed by atoms with E-state index in [0.29, 0.717) is 22.3 Å². The molecule has 2 atom stereocenters. The molecule has 0 saturated carbocycles. The summed E-state index contributed by atoms with van der Waals surface area (Å²) in [6.07, 6.45) is -0.139. The van der Waals surface area contributed by atoms with E-state index in [9.17, 15) is 14.4 Å². The van der Waals surface area contributed by atoms with Crippen molar-refractivity contribution >= 4 is 22.9 Å². The number of esters is 2. The van der Waals surface area contributed by atoms with Crippen LogP contribution in [-0.2, 0) is 19.1 Å². The average molecular weight is 428 g/mol. The van der Waals surface area contributed by atoms with Crippen LogP contribution in [0.3, 0.4) is 0 Å². The van der Waals surface area contributed by atoms with Crippen LogP contribution < -0.4 is 10.4 Å². The van der Waals surface area contributed by atoms with Gasteiger partial charge in [-0.3, -0.25) is 4.79 Å². The van der Waals surface area contributed by atoms with E-state index in [1.165, 1.54) is 6.07 Å². The second-order valence-corrected chi connectivity index (χ2v) is 8.66. The fourth-order valence-corrected chi connectivity index (χ4v) is 3.53. The lowest BCUT2D eigenvalue weighted by molar-refractivity contribution is -0.188. The van der Waals surface area contributed by atoms with Crippen molar-refractivity contribution in [2.75, 3.05) is 0 Å². The number of hydrogen-bond acceptors (Lipinski definition) is 7. The summed E-state index contributed by atoms with van der Waals surface area (Å²) in [6, 6.07) is 6.43. The molecule has 1 aliphatic rings. The smallest absolute Gasteiger partial charge is 0.336 e. The van der Waals surface area contributed by atoms with Crippen LogP contribution in [0.4, 0.5) is 0 Å². The van der Waals surface area contributed by atoms with Gasteiger partial charge in [0.2, 0.25) is 0 Å². The van der Waals surface area contributed by atoms with E-state index in [-0.39, 0.29) is 17.9 Å². The Kier molecular flexibility index (Phi) is 6.25. The van der Waals surface area contributed by atoms with Crippen LogP contribution in [0.5, 0.6) is 5.75 Å². The summed E-state index contributed by atoms with van der Waals surface area (Å²) < 4.78 is 23.2. The maximum atomic E-state index is 12.7. The zero-order valence-electron chi connectivity index (χ0n) is 18.7. The zero-order valence-corrected chi connectivity index (χ0v) is 18.7. The Morgan fingerprint density at radius 2 is 1.84 bits per heavy atom. The van der Waals surface area contributed by atoms with Gasteiger partial charge in [0.25, 0.3) is 0 Å². The first kappa shape index (κ1) is 22.6. The maximum Gasteiger partial charge on any atom is 0.336 e. The standard InChI is InChI=1S/C24H28O7/c1-7-14(4)23(27)30-22-21(29-18(26)12-13(2)3)19-16(31-24(22,5)6)10-8-15-9-11-17(25)28-20(15)19/h7-11,13,21-22H,12H2,1-6H3/b14-7+/t21-,22-/m1/s1. The lowest BCUT2D eigenvalue weighted by Gasteiger charge is -2.43. The van der Waals surface area contributed by atoms with Gasteiger partial charge in [0.1, 0.15) is 16.9 Å². The predicted molar refractivity (Wildman–Crippen MR) is 115 cm³/mol. The fraction of sp³-hybridized carbons (Fsp3) is 0.458. The molecule has 2 aromatic rings. The van der Waals surface area contributed by atoms with Crippen molar-refractivity contribution in [2.45, 2.75) is 65.8 Å². The minimum absolute atomic E-state index is 0.0801. The SMILES string of the molecule is C/C=C(\C)C(=O)O[C@@H]1[C@H](OC(=O)CC(C)C)c2c(ccc3ccc(=O)oc23)OC1(C)C. The van der Waals surface area contributed by atoms with Crippen LogP contribution in [0.1, 0.15) is 59.6 Å². The van der Waals surface area contributed by atoms with Crippen LogP contribution in [0.15, 0.2) is 45.1 Å². The number of fused-ring (bicyclic) bond motifs is 3. The number of rotatable bonds is 5. The average Bonchev–Trinajstić information content (AvgIpc) is 2.68. The van der Waals surface area contributed by atoms with Gasteiger partial charge in [-0.25, -0.2) is 9.59 Å². The van der Waals surface area contributed by atoms with Crippen molar-refractivity contribution in [3.63, 3.8) is 0 Å². The summed E-state index contributed by atoms with van der Waals surface area (Å²) in [5.74, 6) is -0.497. The fourth-order valence-electron chi connectivity index (χ4n) is 3.53. The van der Waals surface area contributed by atoms with Gasteiger partial charge in [0, 0.05) is 23.4 Å². The topological polar surface area (TPSA) is 92.0 Å². The van der Waals surface area contributed by atoms with Gasteiger partial charge in [-0.1, -0.05) is 19.9 Å². The molecular formula is C24H28O7. The van der Waals surface area contributed by atoms with Gasteiger partial charge in [-0.15, -0.1) is 0 Å². The number of carbonyl (C=O) groups is 2. The van der Waals surface area contributed by atoms with E-state index >= 15 is 0 Å². The molecule has 0 bridgehead atoms. The molecule has 0 radical (unpaired) electrons. The van der Waals surface area contributed by atoms with E-state index in [0.717, 1.165) is 0 Å². The highest BCUT2D eigenvalue weighted by molar-refractivity contribution is 5.88. The molecule has 1 aliphatic heterocycles. The molecule has 7 heteroatoms. The Hall–Kier alpha value is -3.09. The van der Waals surface area contributed by atoms with Gasteiger partial charge in [0.05, 0.1) is 5.56 Å². The third-order valence-corrected chi connectivity index (χ3v) is 5.23. The molecule has 0 unspecified atom stereocenters. The summed E-state index contributed by atoms with van der Waals surface area (Å²) in [6.45, 7) is 10.7. The van der Waals surface area contributed by atoms with Crippen LogP contribution >= 0.6 is 0 Å². The van der Waals surface area contributed by atoms with Crippen LogP contribution in [0.25, 0.3) is 11.0 Å². The summed E-state index contributed by atoms with van der Waals surface area (Å²) in [4.78, 5) is 37.2. The number of carbonyl (C=O) groups excluding carboxylic acids is 2. The van der Waals surface area contributed by atoms with Gasteiger partial charge >= 0.3 is 17.6 Å². The van der Waals surface area contributed by atoms with Crippen LogP contribution in [0.2, 0.25) is 0 Å². The first-order valence-electron chi connectivity index (χ1n) is 10.3. The highest BCUT2D eigenvalue weighted by Gasteiger charge is 2.50. The molecule has 0 fully saturated rings. The van der Waals surface area contributed by atoms with Crippen molar-refractivity contribution in [3.8, 4) is 5.75 Å². The highest BCUT2D eigenvalue weighted by Crippen LogP contribution is 2.46. The van der Waals surface area contributed by atoms with Gasteiger partial charge < -0.3 is 18.6 Å². The molecule has 0 spiro atoms. The molecule has 31 heavy (non-hydrogen) atoms. The summed E-state index contributed by atoms with van der Waals surface area (Å²) in [5, 5.41) is 0.640. The van der Waals surface area contributed by atoms with Gasteiger partial charge in [-0.2, -0.15) is 0 Å². The summed E-state index contributed by atoms with van der Waals surface area (Å²) >= 11 is 0. The van der Waals surface area contributed by atoms with Gasteiger partial charge in [-0.05, 0) is 51.8 Å². The normalized spacial score (nSPS) is 20.2. The third kappa shape index (κ3) is 4.65. The molecule has 7 nitrogen and oxygen atoms in total. The molecular weight excluding hydrogens is 400 g/mol. The predicted octanol–water partition coefficient (Wildman–Crippen LogP) is 4.47. The molecule has 2 heterocycles. The highest BCUT2D eigenvalue weighted by atomic mass is 16.6. The van der Waals surface area contributed by atoms with E-state index in [2.05, 4.69) is 0 Å². The monoisotopic (exact) mass is 428 g/mol. The Labute approximate surface area is 181 Å². The molecule has 3 rings (SSSR count). The second kappa shape index (κ2) is 8.57. The zero-order chi connectivity index (χ0) is 22.9. The Morgan fingerprint density at radius 3 is 2.48 bits per heavy atom. The van der Waals surface area contributed by atoms with Crippen molar-refractivity contribution < 1.29 is 28.2 Å². The first-order valence-corrected chi connectivity index (χ1v) is 10.3. The van der Waals surface area contributed by atoms with Crippen molar-refractivity contribution in [2.24, 2.45) is 5.92 Å². The van der Waals surface area contributed by atoms with Crippen molar-refractivity contribution in [1.82, 2.24) is 0 Å². The summed E-state index contributed by atoms with van der Waals surface area (Å²) in [7, 11) is 0. The maximum absolute atomic E-state index is 12.7. The summed E-state index contributed by atoms with van der Waals surface area (Å²) in [5.41, 5.74) is -0.522. The minimum Gasteiger partial charge on any atom is -0.483 e. The molecule has 0 aliphatic carbocycles. The Bertz CT molecular complexity index is 1090. The number of allylic oxidation sites excluding steroid dienone is 1. The van der Waals surface area contributed by atoms with Gasteiger partial charge in [0.15, 0.2) is 12.2 Å². The first-order chi connectivity index (χ1) is 14.5. The number of ether oxygens (including phenoxy) is 3. The molecule has 1 aromatic carbocycles. The minimum atomic E-state index is -1.01. The van der Waals surface area contributed by atoms with E-state index in [1.807, 2.05) is 13.8 Å². The van der Waals surface area contributed by atoms with Crippen LogP contribution in [-0.4, -0.2) is 23.6 Å². The van der Waals surface area contributed by atoms with Crippen LogP contribution in [0, 0.1) is 5.92 Å². The second-order valence-electron chi connectivity index (χ2n) is 8.66. The lowest BCUT2D eigenvalue weighted by Crippen LogP contribution is -2.52. The third-order valence-electron chi connectivity index (χ3n) is 5.23. The Morgan fingerprint density at radius 1 is 1.16 bits per heavy atom. The van der Waals surface area contributed by atoms with E-state index in [4.69, 9.17) is 18.6 Å². The van der Waals surface area contributed by atoms with E-state index < -0.39 is 35.4 Å². The van der Waals surface area contributed by atoms with E-state index in [1.54, 1.807) is 52.0 Å². The van der Waals surface area contributed by atoms with Crippen molar-refractivity contribution in [3.05, 3.63) is 51.9 Å². The number of hydrogen-bond donors (Lipinski definition) is 0. The largest absolute Gasteiger partial charge is 0.483 e. The molecule has 0 N–H and O–H groups in total. The molecule has 166 valence electrons. The van der Waals surface area contributed by atoms with Crippen molar-refractivity contribution in [1.29, 1.82) is 0 Å².